The van der Waals surface area contributed by atoms with Crippen LogP contribution in [-0.4, -0.2) is 34.3 Å². The van der Waals surface area contributed by atoms with Crippen LogP contribution in [0.4, 0.5) is 0 Å². The zero-order chi connectivity index (χ0) is 23.2. The molecule has 1 saturated carbocycles. The molecule has 0 N–H and O–H groups in total. The van der Waals surface area contributed by atoms with Gasteiger partial charge in [0.2, 0.25) is 0 Å². The Morgan fingerprint density at radius 3 is 2.49 bits per heavy atom. The third-order valence-corrected chi connectivity index (χ3v) is 8.81. The van der Waals surface area contributed by atoms with E-state index in [4.69, 9.17) is 0 Å². The Kier molecular flexibility index (Phi) is 7.19. The number of rotatable bonds is 6. The minimum Gasteiger partial charge on any atom is -0.548 e. The summed E-state index contributed by atoms with van der Waals surface area (Å²) in [5, 5.41) is 15.2. The van der Waals surface area contributed by atoms with E-state index in [-0.39, 0.29) is 24.4 Å². The van der Waals surface area contributed by atoms with Crippen LogP contribution < -0.4 is 29.5 Å². The molecule has 35 heavy (non-hydrogen) atoms. The number of piperidine rings is 1. The monoisotopic (exact) mass is 480 g/mol. The maximum atomic E-state index is 14.0. The van der Waals surface area contributed by atoms with E-state index in [0.29, 0.717) is 24.6 Å². The summed E-state index contributed by atoms with van der Waals surface area (Å²) in [4.78, 5) is 28.3. The largest absolute Gasteiger partial charge is 1.00 e. The van der Waals surface area contributed by atoms with Crippen molar-refractivity contribution in [2.45, 2.75) is 62.1 Å². The van der Waals surface area contributed by atoms with Gasteiger partial charge in [-0.3, -0.25) is 14.3 Å². The van der Waals surface area contributed by atoms with Gasteiger partial charge in [-0.25, -0.2) is 0 Å². The molecular formula is C28H29LiN2O3S. The van der Waals surface area contributed by atoms with Gasteiger partial charge in [0.1, 0.15) is 0 Å². The van der Waals surface area contributed by atoms with Gasteiger partial charge in [0.15, 0.2) is 0 Å². The molecule has 7 heteroatoms. The molecule has 2 fully saturated rings. The number of carbonyl (C=O) groups is 1. The van der Waals surface area contributed by atoms with Gasteiger partial charge in [-0.2, -0.15) is 0 Å². The fourth-order valence-electron chi connectivity index (χ4n) is 5.76. The van der Waals surface area contributed by atoms with Crippen LogP contribution in [0.1, 0.15) is 66.3 Å². The van der Waals surface area contributed by atoms with Gasteiger partial charge >= 0.3 is 18.9 Å². The van der Waals surface area contributed by atoms with Gasteiger partial charge in [0, 0.05) is 17.9 Å². The van der Waals surface area contributed by atoms with E-state index < -0.39 is 12.0 Å². The van der Waals surface area contributed by atoms with Gasteiger partial charge in [-0.05, 0) is 78.6 Å². The number of hydrogen-bond acceptors (Lipinski definition) is 5. The molecule has 5 nitrogen and oxygen atoms in total. The molecule has 1 aliphatic carbocycles. The summed E-state index contributed by atoms with van der Waals surface area (Å²) in [6.07, 6.45) is 6.45. The summed E-state index contributed by atoms with van der Waals surface area (Å²) < 4.78 is 1.57. The predicted octanol–water partition coefficient (Wildman–Crippen LogP) is 0.856. The average molecular weight is 481 g/mol. The molecule has 0 radical (unpaired) electrons. The molecule has 3 aliphatic rings. The number of hydrogen-bond donors (Lipinski definition) is 0. The quantitative estimate of drug-likeness (QED) is 0.490. The zero-order valence-electron chi connectivity index (χ0n) is 20.3. The number of likely N-dealkylation sites (tertiary alicyclic amines) is 1. The fraction of sp³-hybridized carbons (Fsp3) is 0.429. The van der Waals surface area contributed by atoms with E-state index in [1.807, 2.05) is 0 Å². The molecule has 0 unspecified atom stereocenters. The number of carbonyl (C=O) groups excluding carboxylic acids is 1. The molecule has 0 spiro atoms. The first-order valence-electron chi connectivity index (χ1n) is 12.4. The third-order valence-electron chi connectivity index (χ3n) is 7.64. The Morgan fingerprint density at radius 2 is 1.74 bits per heavy atom. The number of carboxylic acids is 1. The van der Waals surface area contributed by atoms with E-state index in [1.54, 1.807) is 4.57 Å². The number of aromatic nitrogens is 1. The molecule has 2 aromatic carbocycles. The number of benzene rings is 2. The van der Waals surface area contributed by atoms with Gasteiger partial charge in [-0.1, -0.05) is 48.9 Å². The number of nitrogens with zero attached hydrogens (tertiary/aromatic N) is 2. The van der Waals surface area contributed by atoms with Crippen LogP contribution in [0.3, 0.4) is 0 Å². The van der Waals surface area contributed by atoms with Crippen molar-refractivity contribution in [3.63, 3.8) is 0 Å². The second kappa shape index (κ2) is 10.2. The third kappa shape index (κ3) is 4.62. The van der Waals surface area contributed by atoms with Crippen LogP contribution in [-0.2, 0) is 17.8 Å². The van der Waals surface area contributed by atoms with Crippen molar-refractivity contribution in [2.24, 2.45) is 0 Å². The molecule has 1 saturated heterocycles. The van der Waals surface area contributed by atoms with Crippen molar-refractivity contribution < 1.29 is 28.8 Å². The van der Waals surface area contributed by atoms with Gasteiger partial charge < -0.3 is 9.90 Å². The minimum absolute atomic E-state index is 0. The van der Waals surface area contributed by atoms with Crippen LogP contribution in [0.25, 0.3) is 10.8 Å². The van der Waals surface area contributed by atoms with Crippen LogP contribution in [0, 0.1) is 0 Å². The van der Waals surface area contributed by atoms with Crippen molar-refractivity contribution in [2.75, 3.05) is 18.8 Å². The number of aliphatic carboxylic acids is 1. The van der Waals surface area contributed by atoms with Crippen molar-refractivity contribution >= 4 is 28.5 Å². The smallest absolute Gasteiger partial charge is 0.548 e. The summed E-state index contributed by atoms with van der Waals surface area (Å²) in [5.41, 5.74) is 4.28. The Morgan fingerprint density at radius 1 is 1.00 bits per heavy atom. The first kappa shape index (κ1) is 24.7. The van der Waals surface area contributed by atoms with Crippen molar-refractivity contribution in [1.82, 2.24) is 9.47 Å². The second-order valence-electron chi connectivity index (χ2n) is 9.92. The Labute approximate surface area is 222 Å². The van der Waals surface area contributed by atoms with E-state index >= 15 is 0 Å². The normalized spacial score (nSPS) is 19.9. The van der Waals surface area contributed by atoms with Crippen LogP contribution in [0.2, 0.25) is 0 Å². The van der Waals surface area contributed by atoms with E-state index in [9.17, 15) is 14.7 Å². The number of pyridine rings is 1. The molecule has 0 bridgehead atoms. The Hall–Kier alpha value is -1.97. The van der Waals surface area contributed by atoms with E-state index in [2.05, 4.69) is 47.4 Å². The topological polar surface area (TPSA) is 65.4 Å². The number of carboxylic acid groups (broad SMARTS) is 1. The first-order valence-corrected chi connectivity index (χ1v) is 13.4. The standard InChI is InChI=1S/C28H30N2O3S.Li/c31-26-23(16-29-13-4-1-5-14-29)22(15-20-9-6-8-18-7-2-3-10-21(18)20)25(19-11-12-19)27-30(26)24(17-34-27)28(32)33;/h2-3,6-10,19,24H,1,4-5,11-17H2,(H,32,33);/q;+1/p-1/t24-;/m0./s1. The van der Waals surface area contributed by atoms with Crippen LogP contribution in [0.15, 0.2) is 52.3 Å². The van der Waals surface area contributed by atoms with Crippen molar-refractivity contribution in [1.29, 1.82) is 0 Å². The molecule has 3 aromatic rings. The number of thioether (sulfide) groups is 1. The predicted molar refractivity (Wildman–Crippen MR) is 133 cm³/mol. The molecular weight excluding hydrogens is 451 g/mol. The van der Waals surface area contributed by atoms with Crippen molar-refractivity contribution in [3.05, 3.63) is 75.1 Å². The number of fused-ring (bicyclic) bond motifs is 2. The second-order valence-corrected chi connectivity index (χ2v) is 10.9. The van der Waals surface area contributed by atoms with Crippen LogP contribution >= 0.6 is 11.8 Å². The fourth-order valence-corrected chi connectivity index (χ4v) is 7.16. The molecule has 0 amide bonds. The molecule has 3 heterocycles. The summed E-state index contributed by atoms with van der Waals surface area (Å²) in [6.45, 7) is 2.59. The summed E-state index contributed by atoms with van der Waals surface area (Å²) in [6, 6.07) is 13.9. The molecule has 6 rings (SSSR count). The maximum absolute atomic E-state index is 14.0. The average Bonchev–Trinajstić information content (AvgIpc) is 3.59. The van der Waals surface area contributed by atoms with Crippen LogP contribution in [0.5, 0.6) is 0 Å². The molecule has 1 atom stereocenters. The van der Waals surface area contributed by atoms with Gasteiger partial charge in [0.25, 0.3) is 5.56 Å². The molecule has 1 aromatic heterocycles. The van der Waals surface area contributed by atoms with E-state index in [1.165, 1.54) is 40.1 Å². The van der Waals surface area contributed by atoms with Gasteiger partial charge in [-0.15, -0.1) is 11.8 Å². The summed E-state index contributed by atoms with van der Waals surface area (Å²) in [5.74, 6) is -0.362. The van der Waals surface area contributed by atoms with E-state index in [0.717, 1.165) is 54.9 Å². The first-order chi connectivity index (χ1) is 16.6. The maximum Gasteiger partial charge on any atom is 1.00 e. The minimum atomic E-state index is -1.15. The van der Waals surface area contributed by atoms with Gasteiger partial charge in [0.05, 0.1) is 17.0 Å². The van der Waals surface area contributed by atoms with Crippen molar-refractivity contribution in [3.8, 4) is 0 Å². The molecule has 2 aliphatic heterocycles. The molecule has 176 valence electrons. The Balaban J connectivity index is 0.00000253. The zero-order valence-corrected chi connectivity index (χ0v) is 21.1. The summed E-state index contributed by atoms with van der Waals surface area (Å²) in [7, 11) is 0. The Bertz CT molecular complexity index is 1320. The SMILES string of the molecule is O=C([O-])[C@@H]1CSc2c(C3CC3)c(Cc3cccc4ccccc34)c(CN3CCCCC3)c(=O)n21.[Li+]. The summed E-state index contributed by atoms with van der Waals surface area (Å²) >= 11 is 1.53.